The fraction of sp³-hybridized carbons (Fsp3) is 0.316. The zero-order valence-electron chi connectivity index (χ0n) is 14.0. The van der Waals surface area contributed by atoms with Crippen LogP contribution in [0, 0.1) is 5.82 Å². The highest BCUT2D eigenvalue weighted by atomic mass is 35.5. The summed E-state index contributed by atoms with van der Waals surface area (Å²) in [6.45, 7) is 3.29. The lowest BCUT2D eigenvalue weighted by Gasteiger charge is -2.19. The van der Waals surface area contributed by atoms with E-state index in [4.69, 9.17) is 21.1 Å². The Kier molecular flexibility index (Phi) is 4.76. The maximum absolute atomic E-state index is 14.1. The van der Waals surface area contributed by atoms with E-state index in [9.17, 15) is 4.39 Å². The van der Waals surface area contributed by atoms with E-state index in [2.05, 4.69) is 4.58 Å². The molecule has 0 bridgehead atoms. The van der Waals surface area contributed by atoms with Gasteiger partial charge in [0, 0.05) is 18.9 Å². The highest BCUT2D eigenvalue weighted by Gasteiger charge is 2.26. The first-order valence-electron chi connectivity index (χ1n) is 7.81. The largest absolute Gasteiger partial charge is 0.493 e. The Bertz CT molecular complexity index is 797. The van der Waals surface area contributed by atoms with Gasteiger partial charge in [0.1, 0.15) is 12.4 Å². The summed E-state index contributed by atoms with van der Waals surface area (Å²) in [6.07, 6.45) is 0.860. The molecule has 3 nitrogen and oxygen atoms in total. The summed E-state index contributed by atoms with van der Waals surface area (Å²) in [5, 5.41) is 0.459. The highest BCUT2D eigenvalue weighted by molar-refractivity contribution is 6.31. The zero-order chi connectivity index (χ0) is 17.3. The van der Waals surface area contributed by atoms with E-state index in [1.165, 1.54) is 11.6 Å². The van der Waals surface area contributed by atoms with Crippen LogP contribution in [0.2, 0.25) is 5.02 Å². The van der Waals surface area contributed by atoms with Gasteiger partial charge in [0.15, 0.2) is 23.8 Å². The minimum Gasteiger partial charge on any atom is -0.493 e. The standard InChI is InChI=1S/C19H20ClFNO2/c1-12-14-10-19(24-3)18(23-2)9-13(14)7-8-22(12)11-15-16(20)5-4-6-17(15)21/h4-6,9-10H,7-8,11H2,1-3H3/q+1. The summed E-state index contributed by atoms with van der Waals surface area (Å²) in [4.78, 5) is 0. The molecule has 1 heterocycles. The maximum atomic E-state index is 14.1. The van der Waals surface area contributed by atoms with Crippen molar-refractivity contribution in [2.24, 2.45) is 0 Å². The minimum atomic E-state index is -0.270. The van der Waals surface area contributed by atoms with Crippen LogP contribution in [0.25, 0.3) is 0 Å². The Labute approximate surface area is 146 Å². The molecule has 1 aliphatic heterocycles. The van der Waals surface area contributed by atoms with Crippen molar-refractivity contribution in [3.05, 3.63) is 57.9 Å². The lowest BCUT2D eigenvalue weighted by atomic mass is 9.96. The van der Waals surface area contributed by atoms with Crippen LogP contribution < -0.4 is 9.47 Å². The Morgan fingerprint density at radius 2 is 1.88 bits per heavy atom. The Hall–Kier alpha value is -2.07. The third-order valence-electron chi connectivity index (χ3n) is 4.54. The van der Waals surface area contributed by atoms with Crippen molar-refractivity contribution in [2.75, 3.05) is 20.8 Å². The van der Waals surface area contributed by atoms with Crippen LogP contribution in [0.5, 0.6) is 11.5 Å². The summed E-state index contributed by atoms with van der Waals surface area (Å²) in [7, 11) is 3.26. The molecule has 126 valence electrons. The third-order valence-corrected chi connectivity index (χ3v) is 4.89. The van der Waals surface area contributed by atoms with E-state index in [-0.39, 0.29) is 5.82 Å². The summed E-state index contributed by atoms with van der Waals surface area (Å²) in [6, 6.07) is 8.80. The van der Waals surface area contributed by atoms with E-state index >= 15 is 0 Å². The molecule has 0 atom stereocenters. The lowest BCUT2D eigenvalue weighted by Crippen LogP contribution is -2.28. The third kappa shape index (κ3) is 2.98. The minimum absolute atomic E-state index is 0.270. The predicted octanol–water partition coefficient (Wildman–Crippen LogP) is 4.07. The molecule has 1 aliphatic rings. The molecule has 0 amide bonds. The summed E-state index contributed by atoms with van der Waals surface area (Å²) in [5.74, 6) is 1.16. The van der Waals surface area contributed by atoms with E-state index in [1.54, 1.807) is 26.4 Å². The Balaban J connectivity index is 2.03. The highest BCUT2D eigenvalue weighted by Crippen LogP contribution is 2.33. The number of ether oxygens (including phenoxy) is 2. The van der Waals surface area contributed by atoms with Crippen molar-refractivity contribution in [3.63, 3.8) is 0 Å². The summed E-state index contributed by atoms with van der Waals surface area (Å²) in [5.41, 5.74) is 3.92. The number of fused-ring (bicyclic) bond motifs is 1. The Morgan fingerprint density at radius 3 is 2.54 bits per heavy atom. The van der Waals surface area contributed by atoms with Crippen molar-refractivity contribution in [1.82, 2.24) is 0 Å². The van der Waals surface area contributed by atoms with Crippen molar-refractivity contribution in [1.29, 1.82) is 0 Å². The van der Waals surface area contributed by atoms with Crippen LogP contribution in [-0.2, 0) is 13.0 Å². The predicted molar refractivity (Wildman–Crippen MR) is 93.3 cm³/mol. The molecule has 5 heteroatoms. The van der Waals surface area contributed by atoms with E-state index in [0.29, 0.717) is 22.9 Å². The second kappa shape index (κ2) is 6.81. The zero-order valence-corrected chi connectivity index (χ0v) is 14.8. The quantitative estimate of drug-likeness (QED) is 0.777. The van der Waals surface area contributed by atoms with Crippen LogP contribution in [0.4, 0.5) is 4.39 Å². The fourth-order valence-corrected chi connectivity index (χ4v) is 3.35. The molecule has 0 spiro atoms. The van der Waals surface area contributed by atoms with Crippen LogP contribution in [0.1, 0.15) is 23.6 Å². The molecular formula is C19H20ClFNO2+. The molecule has 0 N–H and O–H groups in total. The molecule has 0 unspecified atom stereocenters. The second-order valence-corrected chi connectivity index (χ2v) is 6.23. The normalized spacial score (nSPS) is 13.7. The Morgan fingerprint density at radius 1 is 1.17 bits per heavy atom. The first-order chi connectivity index (χ1) is 11.5. The van der Waals surface area contributed by atoms with Crippen LogP contribution in [-0.4, -0.2) is 31.1 Å². The van der Waals surface area contributed by atoms with Gasteiger partial charge in [-0.25, -0.2) is 8.97 Å². The average molecular weight is 349 g/mol. The SMILES string of the molecule is COc1cc2c(cc1OC)C(C)=[N+](Cc1c(F)cccc1Cl)CC2. The summed E-state index contributed by atoms with van der Waals surface area (Å²) >= 11 is 6.17. The smallest absolute Gasteiger partial charge is 0.180 e. The molecule has 0 saturated carbocycles. The molecule has 2 aromatic rings. The number of rotatable bonds is 4. The molecule has 0 radical (unpaired) electrons. The molecule has 0 saturated heterocycles. The molecule has 0 aromatic heterocycles. The summed E-state index contributed by atoms with van der Waals surface area (Å²) < 4.78 is 27.0. The first kappa shape index (κ1) is 16.8. The van der Waals surface area contributed by atoms with Gasteiger partial charge in [-0.2, -0.15) is 0 Å². The van der Waals surface area contributed by atoms with E-state index < -0.39 is 0 Å². The van der Waals surface area contributed by atoms with E-state index in [1.807, 2.05) is 19.1 Å². The second-order valence-electron chi connectivity index (χ2n) is 5.82. The van der Waals surface area contributed by atoms with Crippen molar-refractivity contribution >= 4 is 17.3 Å². The van der Waals surface area contributed by atoms with Gasteiger partial charge in [0.2, 0.25) is 0 Å². The number of hydrogen-bond acceptors (Lipinski definition) is 2. The molecule has 2 aromatic carbocycles. The van der Waals surface area contributed by atoms with Crippen molar-refractivity contribution in [2.45, 2.75) is 19.9 Å². The van der Waals surface area contributed by atoms with Crippen molar-refractivity contribution in [3.8, 4) is 11.5 Å². The van der Waals surface area contributed by atoms with Crippen LogP contribution in [0.3, 0.4) is 0 Å². The average Bonchev–Trinajstić information content (AvgIpc) is 2.59. The van der Waals surface area contributed by atoms with Gasteiger partial charge in [-0.05, 0) is 29.8 Å². The van der Waals surface area contributed by atoms with Gasteiger partial charge in [-0.3, -0.25) is 0 Å². The molecule has 24 heavy (non-hydrogen) atoms. The van der Waals surface area contributed by atoms with Gasteiger partial charge < -0.3 is 9.47 Å². The van der Waals surface area contributed by atoms with Gasteiger partial charge in [0.25, 0.3) is 0 Å². The topological polar surface area (TPSA) is 21.5 Å². The van der Waals surface area contributed by atoms with Crippen LogP contribution >= 0.6 is 11.6 Å². The number of benzene rings is 2. The van der Waals surface area contributed by atoms with Gasteiger partial charge in [-0.15, -0.1) is 0 Å². The number of nitrogens with zero attached hydrogens (tertiary/aromatic N) is 1. The first-order valence-corrected chi connectivity index (χ1v) is 8.19. The monoisotopic (exact) mass is 348 g/mol. The van der Waals surface area contributed by atoms with Gasteiger partial charge in [-0.1, -0.05) is 17.7 Å². The number of halogens is 2. The molecule has 0 fully saturated rings. The fourth-order valence-electron chi connectivity index (χ4n) is 3.13. The number of hydrogen-bond donors (Lipinski definition) is 0. The van der Waals surface area contributed by atoms with Gasteiger partial charge >= 0.3 is 0 Å². The van der Waals surface area contributed by atoms with Crippen molar-refractivity contribution < 1.29 is 18.4 Å². The van der Waals surface area contributed by atoms with Crippen LogP contribution in [0.15, 0.2) is 30.3 Å². The molecular weight excluding hydrogens is 329 g/mol. The maximum Gasteiger partial charge on any atom is 0.180 e. The van der Waals surface area contributed by atoms with Gasteiger partial charge in [0.05, 0.1) is 24.8 Å². The number of methoxy groups -OCH3 is 2. The lowest BCUT2D eigenvalue weighted by molar-refractivity contribution is -0.545. The van der Waals surface area contributed by atoms with E-state index in [0.717, 1.165) is 30.0 Å². The molecule has 0 aliphatic carbocycles. The molecule has 3 rings (SSSR count).